The standard InChI is InChI=1S/C34H41ClN2O6S/c1-3-27-8-4-5-9-31(43-22(2)38)28-13-10-25(28)19-37-20-34(16-6-7-23-17-26(35)12-14-29(23)34)21-42-32-15-11-24(18-30(32)37)33(39)36-44(27,40)41/h5,9,11-12,14-15,17-18,25,27-28,31H,3-4,6-8,10,13,16,19-21H2,1-2H3,(H,36,39)/b9-5+/t25-,27+,28+,31-,34-/m0/s1. The van der Waals surface area contributed by atoms with Crippen LogP contribution in [0.3, 0.4) is 0 Å². The second-order valence-electron chi connectivity index (χ2n) is 12.9. The summed E-state index contributed by atoms with van der Waals surface area (Å²) in [7, 11) is -3.92. The summed E-state index contributed by atoms with van der Waals surface area (Å²) in [4.78, 5) is 27.9. The van der Waals surface area contributed by atoms with Crippen molar-refractivity contribution in [2.75, 3.05) is 24.6 Å². The molecule has 6 rings (SSSR count). The van der Waals surface area contributed by atoms with E-state index in [2.05, 4.69) is 21.8 Å². The van der Waals surface area contributed by atoms with Crippen molar-refractivity contribution >= 4 is 39.2 Å². The van der Waals surface area contributed by atoms with Crippen molar-refractivity contribution < 1.29 is 27.5 Å². The van der Waals surface area contributed by atoms with Crippen molar-refractivity contribution in [3.05, 3.63) is 70.3 Å². The molecule has 10 heteroatoms. The minimum atomic E-state index is -3.92. The molecule has 8 nitrogen and oxygen atoms in total. The molecule has 2 aliphatic carbocycles. The van der Waals surface area contributed by atoms with Crippen LogP contribution >= 0.6 is 11.6 Å². The predicted octanol–water partition coefficient (Wildman–Crippen LogP) is 5.96. The fourth-order valence-corrected chi connectivity index (χ4v) is 9.24. The number of ether oxygens (including phenoxy) is 2. The van der Waals surface area contributed by atoms with Gasteiger partial charge in [0.15, 0.2) is 0 Å². The van der Waals surface area contributed by atoms with Gasteiger partial charge in [-0.25, -0.2) is 13.1 Å². The van der Waals surface area contributed by atoms with Crippen LogP contribution in [-0.4, -0.2) is 51.3 Å². The summed E-state index contributed by atoms with van der Waals surface area (Å²) >= 11 is 6.40. The van der Waals surface area contributed by atoms with Gasteiger partial charge in [-0.2, -0.15) is 0 Å². The molecule has 1 amide bonds. The largest absolute Gasteiger partial charge is 0.490 e. The van der Waals surface area contributed by atoms with Crippen molar-refractivity contribution in [1.82, 2.24) is 4.72 Å². The van der Waals surface area contributed by atoms with Crippen LogP contribution in [0, 0.1) is 11.8 Å². The number of rotatable bonds is 2. The zero-order valence-electron chi connectivity index (χ0n) is 25.4. The Labute approximate surface area is 265 Å². The molecule has 2 heterocycles. The third-order valence-corrected chi connectivity index (χ3v) is 12.2. The van der Waals surface area contributed by atoms with Crippen LogP contribution in [0.25, 0.3) is 0 Å². The maximum atomic E-state index is 13.4. The van der Waals surface area contributed by atoms with Crippen LogP contribution in [0.2, 0.25) is 5.02 Å². The van der Waals surface area contributed by atoms with Gasteiger partial charge in [0, 0.05) is 41.9 Å². The number of nitrogens with one attached hydrogen (secondary N) is 1. The fraction of sp³-hybridized carbons (Fsp3) is 0.529. The second kappa shape index (κ2) is 12.4. The molecule has 2 aromatic carbocycles. The number of benzene rings is 2. The Morgan fingerprint density at radius 2 is 2.02 bits per heavy atom. The second-order valence-corrected chi connectivity index (χ2v) is 15.3. The summed E-state index contributed by atoms with van der Waals surface area (Å²) in [6.07, 6.45) is 9.56. The molecule has 2 bridgehead atoms. The zero-order chi connectivity index (χ0) is 31.1. The molecular weight excluding hydrogens is 600 g/mol. The third kappa shape index (κ3) is 6.10. The Morgan fingerprint density at radius 1 is 1.18 bits per heavy atom. The number of fused-ring (bicyclic) bond motifs is 4. The number of sulfonamides is 1. The van der Waals surface area contributed by atoms with E-state index in [1.807, 2.05) is 25.1 Å². The number of anilines is 1. The average Bonchev–Trinajstić information content (AvgIpc) is 3.11. The van der Waals surface area contributed by atoms with E-state index in [4.69, 9.17) is 21.1 Å². The molecule has 0 saturated heterocycles. The number of halogens is 1. The van der Waals surface area contributed by atoms with Crippen LogP contribution in [-0.2, 0) is 31.4 Å². The summed E-state index contributed by atoms with van der Waals surface area (Å²) in [6, 6.07) is 11.4. The third-order valence-electron chi connectivity index (χ3n) is 10.1. The van der Waals surface area contributed by atoms with E-state index in [0.717, 1.165) is 42.8 Å². The van der Waals surface area contributed by atoms with Crippen LogP contribution in [0.5, 0.6) is 5.75 Å². The van der Waals surface area contributed by atoms with E-state index in [-0.39, 0.29) is 34.9 Å². The average molecular weight is 641 g/mol. The van der Waals surface area contributed by atoms with E-state index in [1.165, 1.54) is 18.1 Å². The fourth-order valence-electron chi connectivity index (χ4n) is 7.62. The van der Waals surface area contributed by atoms with Gasteiger partial charge < -0.3 is 14.4 Å². The number of hydrogen-bond donors (Lipinski definition) is 1. The lowest BCUT2D eigenvalue weighted by Gasteiger charge is -2.45. The first-order valence-electron chi connectivity index (χ1n) is 15.8. The number of amides is 1. The van der Waals surface area contributed by atoms with Gasteiger partial charge in [-0.15, -0.1) is 0 Å². The highest BCUT2D eigenvalue weighted by Crippen LogP contribution is 2.47. The Morgan fingerprint density at radius 3 is 2.77 bits per heavy atom. The quantitative estimate of drug-likeness (QED) is 0.319. The molecule has 1 spiro atoms. The molecule has 1 fully saturated rings. The topological polar surface area (TPSA) is 102 Å². The van der Waals surface area contributed by atoms with Crippen LogP contribution in [0.1, 0.15) is 80.3 Å². The van der Waals surface area contributed by atoms with E-state index in [0.29, 0.717) is 44.7 Å². The summed E-state index contributed by atoms with van der Waals surface area (Å²) in [6.45, 7) is 5.09. The van der Waals surface area contributed by atoms with Gasteiger partial charge in [0.2, 0.25) is 10.0 Å². The lowest BCUT2D eigenvalue weighted by molar-refractivity contribution is -0.149. The van der Waals surface area contributed by atoms with Crippen molar-refractivity contribution in [2.45, 2.75) is 82.0 Å². The summed E-state index contributed by atoms with van der Waals surface area (Å²) in [5, 5.41) is -0.00513. The molecule has 5 atom stereocenters. The highest BCUT2D eigenvalue weighted by molar-refractivity contribution is 7.90. The van der Waals surface area contributed by atoms with Gasteiger partial charge in [0.05, 0.1) is 17.5 Å². The summed E-state index contributed by atoms with van der Waals surface area (Å²) in [5.74, 6) is 0.103. The van der Waals surface area contributed by atoms with Crippen molar-refractivity contribution in [3.63, 3.8) is 0 Å². The Bertz CT molecular complexity index is 1580. The normalized spacial score (nSPS) is 30.4. The maximum Gasteiger partial charge on any atom is 0.303 e. The van der Waals surface area contributed by atoms with E-state index in [1.54, 1.807) is 18.2 Å². The zero-order valence-corrected chi connectivity index (χ0v) is 27.0. The minimum Gasteiger partial charge on any atom is -0.490 e. The monoisotopic (exact) mass is 640 g/mol. The van der Waals surface area contributed by atoms with E-state index >= 15 is 0 Å². The first-order chi connectivity index (χ1) is 21.1. The lowest BCUT2D eigenvalue weighted by Crippen LogP contribution is -2.49. The molecule has 4 aliphatic rings. The van der Waals surface area contributed by atoms with Gasteiger partial charge in [-0.3, -0.25) is 9.59 Å². The molecule has 1 saturated carbocycles. The number of esters is 1. The van der Waals surface area contributed by atoms with Gasteiger partial charge in [-0.05, 0) is 105 Å². The number of hydrogen-bond acceptors (Lipinski definition) is 7. The highest BCUT2D eigenvalue weighted by atomic mass is 35.5. The van der Waals surface area contributed by atoms with Crippen LogP contribution in [0.4, 0.5) is 5.69 Å². The minimum absolute atomic E-state index is 0.140. The Balaban J connectivity index is 1.43. The number of carbonyl (C=O) groups is 2. The van der Waals surface area contributed by atoms with Gasteiger partial charge in [0.25, 0.3) is 5.91 Å². The van der Waals surface area contributed by atoms with Gasteiger partial charge in [0.1, 0.15) is 11.9 Å². The smallest absolute Gasteiger partial charge is 0.303 e. The van der Waals surface area contributed by atoms with E-state index in [9.17, 15) is 18.0 Å². The molecule has 0 aromatic heterocycles. The molecule has 0 unspecified atom stereocenters. The molecule has 44 heavy (non-hydrogen) atoms. The Kier molecular flexibility index (Phi) is 8.72. The number of allylic oxidation sites excluding steroid dienone is 1. The van der Waals surface area contributed by atoms with Crippen molar-refractivity contribution in [1.29, 1.82) is 0 Å². The first-order valence-corrected chi connectivity index (χ1v) is 17.7. The molecule has 236 valence electrons. The van der Waals surface area contributed by atoms with E-state index < -0.39 is 21.2 Å². The summed E-state index contributed by atoms with van der Waals surface area (Å²) < 4.78 is 41.3. The number of nitrogens with zero attached hydrogens (tertiary/aromatic N) is 1. The first kappa shape index (κ1) is 31.0. The van der Waals surface area contributed by atoms with Crippen LogP contribution < -0.4 is 14.4 Å². The van der Waals surface area contributed by atoms with Gasteiger partial charge >= 0.3 is 5.97 Å². The SMILES string of the molecule is CC[C@@H]1CC/C=C/[C@H](OC(C)=O)[C@@H]2CC[C@H]2CN2C[C@@]3(CCCc4cc(Cl)ccc43)COc3ccc(cc32)C(=O)NS1(=O)=O. The van der Waals surface area contributed by atoms with Gasteiger partial charge in [-0.1, -0.05) is 30.7 Å². The summed E-state index contributed by atoms with van der Waals surface area (Å²) in [5.41, 5.74) is 3.25. The Hall–Kier alpha value is -3.04. The molecule has 1 N–H and O–H groups in total. The maximum absolute atomic E-state index is 13.4. The predicted molar refractivity (Wildman–Crippen MR) is 171 cm³/mol. The molecule has 2 aromatic rings. The van der Waals surface area contributed by atoms with Crippen molar-refractivity contribution in [2.24, 2.45) is 11.8 Å². The van der Waals surface area contributed by atoms with Crippen molar-refractivity contribution in [3.8, 4) is 5.75 Å². The lowest BCUT2D eigenvalue weighted by atomic mass is 9.68. The molecule has 2 aliphatic heterocycles. The molecular formula is C34H41ClN2O6S. The number of aryl methyl sites for hydroxylation is 1. The molecule has 0 radical (unpaired) electrons. The van der Waals surface area contributed by atoms with Crippen LogP contribution in [0.15, 0.2) is 48.6 Å². The highest BCUT2D eigenvalue weighted by Gasteiger charge is 2.45. The number of carbonyl (C=O) groups excluding carboxylic acids is 2.